The Bertz CT molecular complexity index is 367. The molecule has 1 rings (SSSR count). The highest BCUT2D eigenvalue weighted by atomic mass is 16.5. The third-order valence-electron chi connectivity index (χ3n) is 3.27. The fraction of sp³-hybridized carbons (Fsp3) is 0.692. The molecule has 0 aliphatic heterocycles. The molecule has 0 aromatic carbocycles. The quantitative estimate of drug-likeness (QED) is 0.807. The van der Waals surface area contributed by atoms with Crippen LogP contribution in [-0.2, 0) is 0 Å². The van der Waals surface area contributed by atoms with Crippen LogP contribution in [0.1, 0.15) is 38.4 Å². The second-order valence-corrected chi connectivity index (χ2v) is 4.15. The fourth-order valence-electron chi connectivity index (χ4n) is 2.18. The number of ether oxygens (including phenoxy) is 2. The molecule has 0 saturated heterocycles. The normalized spacial score (nSPS) is 12.6. The molecule has 0 fully saturated rings. The second kappa shape index (κ2) is 7.16. The van der Waals surface area contributed by atoms with Gasteiger partial charge < -0.3 is 14.8 Å². The first-order valence-electron chi connectivity index (χ1n) is 6.33. The van der Waals surface area contributed by atoms with Gasteiger partial charge in [0.25, 0.3) is 0 Å². The van der Waals surface area contributed by atoms with Crippen molar-refractivity contribution in [3.63, 3.8) is 0 Å². The smallest absolute Gasteiger partial charge is 0.240 e. The Morgan fingerprint density at radius 3 is 2.33 bits per heavy atom. The second-order valence-electron chi connectivity index (χ2n) is 4.15. The molecule has 0 spiro atoms. The average molecular weight is 253 g/mol. The number of nitrogens with one attached hydrogen (secondary N) is 1. The number of hydrogen-bond acceptors (Lipinski definition) is 5. The van der Waals surface area contributed by atoms with E-state index in [9.17, 15) is 0 Å². The van der Waals surface area contributed by atoms with E-state index >= 15 is 0 Å². The van der Waals surface area contributed by atoms with E-state index in [0.29, 0.717) is 17.7 Å². The Morgan fingerprint density at radius 2 is 1.89 bits per heavy atom. The predicted octanol–water partition coefficient (Wildman–Crippen LogP) is 2.19. The molecular weight excluding hydrogens is 230 g/mol. The number of aromatic nitrogens is 2. The monoisotopic (exact) mass is 253 g/mol. The van der Waals surface area contributed by atoms with Gasteiger partial charge in [-0.25, -0.2) is 4.98 Å². The minimum Gasteiger partial charge on any atom is -0.480 e. The van der Waals surface area contributed by atoms with Gasteiger partial charge in [0, 0.05) is 0 Å². The van der Waals surface area contributed by atoms with E-state index in [1.807, 2.05) is 7.05 Å². The number of rotatable bonds is 7. The van der Waals surface area contributed by atoms with Gasteiger partial charge in [-0.1, -0.05) is 26.7 Å². The van der Waals surface area contributed by atoms with Crippen molar-refractivity contribution in [2.45, 2.75) is 32.7 Å². The van der Waals surface area contributed by atoms with Crippen LogP contribution in [0.5, 0.6) is 11.8 Å². The van der Waals surface area contributed by atoms with E-state index < -0.39 is 0 Å². The van der Waals surface area contributed by atoms with Gasteiger partial charge >= 0.3 is 0 Å². The summed E-state index contributed by atoms with van der Waals surface area (Å²) in [5, 5.41) is 3.31. The maximum absolute atomic E-state index is 5.32. The Labute approximate surface area is 109 Å². The zero-order valence-corrected chi connectivity index (χ0v) is 11.9. The van der Waals surface area contributed by atoms with Crippen LogP contribution in [0.15, 0.2) is 6.20 Å². The van der Waals surface area contributed by atoms with Crippen molar-refractivity contribution in [3.05, 3.63) is 11.9 Å². The molecule has 0 aliphatic carbocycles. The largest absolute Gasteiger partial charge is 0.480 e. The number of hydrogen-bond donors (Lipinski definition) is 1. The molecule has 18 heavy (non-hydrogen) atoms. The molecule has 1 atom stereocenters. The van der Waals surface area contributed by atoms with Crippen LogP contribution in [0.25, 0.3) is 0 Å². The van der Waals surface area contributed by atoms with E-state index in [1.54, 1.807) is 20.4 Å². The molecule has 1 aromatic rings. The fourth-order valence-corrected chi connectivity index (χ4v) is 2.18. The molecule has 0 aliphatic rings. The molecule has 1 heterocycles. The summed E-state index contributed by atoms with van der Waals surface area (Å²) >= 11 is 0. The SMILES string of the molecule is CCC(CC)C(NC)c1ncc(OC)nc1OC. The zero-order chi connectivity index (χ0) is 13.5. The first-order chi connectivity index (χ1) is 8.71. The molecule has 5 nitrogen and oxygen atoms in total. The van der Waals surface area contributed by atoms with E-state index in [-0.39, 0.29) is 6.04 Å². The molecular formula is C13H23N3O2. The average Bonchev–Trinajstić information content (AvgIpc) is 2.44. The summed E-state index contributed by atoms with van der Waals surface area (Å²) < 4.78 is 10.4. The van der Waals surface area contributed by atoms with Gasteiger partial charge in [-0.3, -0.25) is 0 Å². The zero-order valence-electron chi connectivity index (χ0n) is 11.9. The highest BCUT2D eigenvalue weighted by Crippen LogP contribution is 2.31. The van der Waals surface area contributed by atoms with Crippen molar-refractivity contribution in [1.29, 1.82) is 0 Å². The summed E-state index contributed by atoms with van der Waals surface area (Å²) in [4.78, 5) is 8.72. The Morgan fingerprint density at radius 1 is 1.22 bits per heavy atom. The van der Waals surface area contributed by atoms with Crippen molar-refractivity contribution in [2.75, 3.05) is 21.3 Å². The summed E-state index contributed by atoms with van der Waals surface area (Å²) in [7, 11) is 5.11. The molecule has 0 amide bonds. The molecule has 1 aromatic heterocycles. The first kappa shape index (κ1) is 14.7. The van der Waals surface area contributed by atoms with Crippen molar-refractivity contribution in [2.24, 2.45) is 5.92 Å². The molecule has 0 saturated carbocycles. The maximum atomic E-state index is 5.32. The third-order valence-corrected chi connectivity index (χ3v) is 3.27. The summed E-state index contributed by atoms with van der Waals surface area (Å²) in [6.45, 7) is 4.36. The van der Waals surface area contributed by atoms with Crippen LogP contribution in [0.2, 0.25) is 0 Å². The van der Waals surface area contributed by atoms with Crippen LogP contribution in [0.4, 0.5) is 0 Å². The Kier molecular flexibility index (Phi) is 5.85. The highest BCUT2D eigenvalue weighted by molar-refractivity contribution is 5.26. The van der Waals surface area contributed by atoms with Gasteiger partial charge in [0.1, 0.15) is 5.69 Å². The summed E-state index contributed by atoms with van der Waals surface area (Å²) in [5.74, 6) is 1.50. The van der Waals surface area contributed by atoms with Gasteiger partial charge in [0.05, 0.1) is 26.5 Å². The molecule has 0 radical (unpaired) electrons. The minimum atomic E-state index is 0.147. The van der Waals surface area contributed by atoms with Gasteiger partial charge in [0.2, 0.25) is 11.8 Å². The van der Waals surface area contributed by atoms with E-state index in [2.05, 4.69) is 29.1 Å². The number of nitrogens with zero attached hydrogens (tertiary/aromatic N) is 2. The summed E-state index contributed by atoms with van der Waals surface area (Å²) in [6.07, 6.45) is 3.79. The van der Waals surface area contributed by atoms with Crippen molar-refractivity contribution >= 4 is 0 Å². The van der Waals surface area contributed by atoms with E-state index in [4.69, 9.17) is 9.47 Å². The lowest BCUT2D eigenvalue weighted by Crippen LogP contribution is -2.26. The lowest BCUT2D eigenvalue weighted by molar-refractivity contribution is 0.316. The van der Waals surface area contributed by atoms with Crippen LogP contribution in [0.3, 0.4) is 0 Å². The highest BCUT2D eigenvalue weighted by Gasteiger charge is 2.24. The maximum Gasteiger partial charge on any atom is 0.240 e. The van der Waals surface area contributed by atoms with Gasteiger partial charge in [-0.05, 0) is 13.0 Å². The summed E-state index contributed by atoms with van der Waals surface area (Å²) in [6, 6.07) is 0.147. The van der Waals surface area contributed by atoms with Gasteiger partial charge in [0.15, 0.2) is 0 Å². The third kappa shape index (κ3) is 3.10. The lowest BCUT2D eigenvalue weighted by Gasteiger charge is -2.25. The van der Waals surface area contributed by atoms with Crippen molar-refractivity contribution < 1.29 is 9.47 Å². The molecule has 102 valence electrons. The molecule has 1 unspecified atom stereocenters. The van der Waals surface area contributed by atoms with Gasteiger partial charge in [-0.2, -0.15) is 4.98 Å². The topological polar surface area (TPSA) is 56.3 Å². The molecule has 0 bridgehead atoms. The summed E-state index contributed by atoms with van der Waals surface area (Å²) in [5.41, 5.74) is 0.842. The Balaban J connectivity index is 3.11. The predicted molar refractivity (Wildman–Crippen MR) is 71.0 cm³/mol. The molecule has 5 heteroatoms. The van der Waals surface area contributed by atoms with E-state index in [0.717, 1.165) is 18.5 Å². The van der Waals surface area contributed by atoms with Crippen molar-refractivity contribution in [3.8, 4) is 11.8 Å². The van der Waals surface area contributed by atoms with Crippen molar-refractivity contribution in [1.82, 2.24) is 15.3 Å². The van der Waals surface area contributed by atoms with E-state index in [1.165, 1.54) is 0 Å². The van der Waals surface area contributed by atoms with Gasteiger partial charge in [-0.15, -0.1) is 0 Å². The standard InChI is InChI=1S/C13H23N3O2/c1-6-9(7-2)11(14-3)12-13(18-5)16-10(17-4)8-15-12/h8-9,11,14H,6-7H2,1-5H3. The Hall–Kier alpha value is -1.36. The number of methoxy groups -OCH3 is 2. The molecule has 1 N–H and O–H groups in total. The van der Waals surface area contributed by atoms with Crippen LogP contribution < -0.4 is 14.8 Å². The first-order valence-corrected chi connectivity index (χ1v) is 6.33. The lowest BCUT2D eigenvalue weighted by atomic mass is 9.92. The van der Waals surface area contributed by atoms with Crippen LogP contribution in [0, 0.1) is 5.92 Å². The van der Waals surface area contributed by atoms with Crippen LogP contribution >= 0.6 is 0 Å². The van der Waals surface area contributed by atoms with Crippen LogP contribution in [-0.4, -0.2) is 31.2 Å². The minimum absolute atomic E-state index is 0.147.